The van der Waals surface area contributed by atoms with Crippen molar-refractivity contribution in [1.29, 1.82) is 0 Å². The van der Waals surface area contributed by atoms with Crippen LogP contribution in [0.5, 0.6) is 0 Å². The smallest absolute Gasteiger partial charge is 0.337 e. The topological polar surface area (TPSA) is 86.0 Å². The van der Waals surface area contributed by atoms with Gasteiger partial charge in [0.2, 0.25) is 5.76 Å². The lowest BCUT2D eigenvalue weighted by Crippen LogP contribution is -2.31. The first-order valence-electron chi connectivity index (χ1n) is 10.7. The van der Waals surface area contributed by atoms with E-state index in [1.54, 1.807) is 47.4 Å². The third-order valence-corrected chi connectivity index (χ3v) is 5.80. The highest BCUT2D eigenvalue weighted by Crippen LogP contribution is 2.38. The van der Waals surface area contributed by atoms with E-state index in [4.69, 9.17) is 25.5 Å². The average molecular weight is 470 g/mol. The highest BCUT2D eigenvalue weighted by Gasteiger charge is 2.42. The van der Waals surface area contributed by atoms with Gasteiger partial charge in [0.05, 0.1) is 35.8 Å². The third kappa shape index (κ3) is 4.38. The van der Waals surface area contributed by atoms with Crippen molar-refractivity contribution in [1.82, 2.24) is 4.90 Å². The Morgan fingerprint density at radius 3 is 2.55 bits per heavy atom. The number of fused-ring (bicyclic) bond motifs is 2. The monoisotopic (exact) mass is 469 g/mol. The van der Waals surface area contributed by atoms with Crippen LogP contribution in [0.4, 0.5) is 0 Å². The van der Waals surface area contributed by atoms with Gasteiger partial charge in [-0.05, 0) is 56.2 Å². The van der Waals surface area contributed by atoms with Crippen LogP contribution in [0.1, 0.15) is 58.3 Å². The zero-order valence-electron chi connectivity index (χ0n) is 18.6. The lowest BCUT2D eigenvalue weighted by molar-refractivity contribution is 0.0585. The molecule has 1 atom stereocenters. The molecule has 0 bridgehead atoms. The quantitative estimate of drug-likeness (QED) is 0.371. The van der Waals surface area contributed by atoms with E-state index in [0.29, 0.717) is 46.7 Å². The summed E-state index contributed by atoms with van der Waals surface area (Å²) in [6.45, 7) is 4.74. The molecule has 0 saturated heterocycles. The molecular weight excluding hydrogens is 446 g/mol. The minimum Gasteiger partial charge on any atom is -0.465 e. The summed E-state index contributed by atoms with van der Waals surface area (Å²) >= 11 is 6.11. The molecule has 7 nitrogen and oxygen atoms in total. The maximum Gasteiger partial charge on any atom is 0.337 e. The molecule has 2 aromatic carbocycles. The zero-order chi connectivity index (χ0) is 23.7. The largest absolute Gasteiger partial charge is 0.465 e. The predicted molar refractivity (Wildman–Crippen MR) is 124 cm³/mol. The van der Waals surface area contributed by atoms with Gasteiger partial charge in [-0.15, -0.1) is 0 Å². The zero-order valence-corrected chi connectivity index (χ0v) is 19.3. The van der Waals surface area contributed by atoms with Gasteiger partial charge in [0.1, 0.15) is 5.58 Å². The Bertz CT molecular complexity index is 1260. The summed E-state index contributed by atoms with van der Waals surface area (Å²) in [4.78, 5) is 40.3. The Morgan fingerprint density at radius 2 is 1.88 bits per heavy atom. The molecule has 1 aliphatic rings. The average Bonchev–Trinajstić information content (AvgIpc) is 3.08. The summed E-state index contributed by atoms with van der Waals surface area (Å²) in [5, 5.41) is 0.718. The van der Waals surface area contributed by atoms with Crippen molar-refractivity contribution in [2.45, 2.75) is 32.4 Å². The van der Waals surface area contributed by atoms with Gasteiger partial charge in [-0.1, -0.05) is 23.7 Å². The number of rotatable bonds is 7. The van der Waals surface area contributed by atoms with E-state index in [1.807, 2.05) is 13.8 Å². The van der Waals surface area contributed by atoms with E-state index in [0.717, 1.165) is 0 Å². The number of methoxy groups -OCH3 is 1. The second kappa shape index (κ2) is 9.37. The maximum atomic E-state index is 13.5. The molecule has 0 spiro atoms. The van der Waals surface area contributed by atoms with Crippen LogP contribution in [0.15, 0.2) is 51.7 Å². The Hall–Kier alpha value is -3.16. The van der Waals surface area contributed by atoms with Gasteiger partial charge in [-0.3, -0.25) is 9.59 Å². The molecule has 1 aliphatic heterocycles. The first kappa shape index (κ1) is 23.0. The summed E-state index contributed by atoms with van der Waals surface area (Å²) in [6.07, 6.45) is 0.671. The Balaban J connectivity index is 1.80. The highest BCUT2D eigenvalue weighted by atomic mass is 35.5. The summed E-state index contributed by atoms with van der Waals surface area (Å²) in [7, 11) is 1.31. The third-order valence-electron chi connectivity index (χ3n) is 5.57. The molecule has 8 heteroatoms. The molecular formula is C25H24ClNO6. The van der Waals surface area contributed by atoms with E-state index in [1.165, 1.54) is 7.11 Å². The fraction of sp³-hybridized carbons (Fsp3) is 0.320. The number of nitrogens with zero attached hydrogens (tertiary/aromatic N) is 1. The molecule has 3 aromatic rings. The molecule has 33 heavy (non-hydrogen) atoms. The number of ether oxygens (including phenoxy) is 2. The predicted octanol–water partition coefficient (Wildman–Crippen LogP) is 4.59. The van der Waals surface area contributed by atoms with Crippen molar-refractivity contribution in [2.24, 2.45) is 0 Å². The van der Waals surface area contributed by atoms with Crippen molar-refractivity contribution in [3.05, 3.63) is 80.2 Å². The van der Waals surface area contributed by atoms with Gasteiger partial charge < -0.3 is 18.8 Å². The van der Waals surface area contributed by atoms with Crippen LogP contribution in [0.25, 0.3) is 11.0 Å². The summed E-state index contributed by atoms with van der Waals surface area (Å²) in [6, 6.07) is 10.8. The molecule has 2 heterocycles. The van der Waals surface area contributed by atoms with E-state index < -0.39 is 12.0 Å². The van der Waals surface area contributed by atoms with Crippen LogP contribution >= 0.6 is 11.6 Å². The first-order valence-corrected chi connectivity index (χ1v) is 11.1. The van der Waals surface area contributed by atoms with Gasteiger partial charge in [0, 0.05) is 18.2 Å². The molecule has 0 fully saturated rings. The summed E-state index contributed by atoms with van der Waals surface area (Å²) < 4.78 is 16.3. The lowest BCUT2D eigenvalue weighted by atomic mass is 9.97. The standard InChI is InChI=1S/C25H24ClNO6/c1-14(2)32-12-4-11-27-21(15-5-7-16(8-6-15)25(30)31-3)20-22(28)18-13-17(26)9-10-19(18)33-23(20)24(27)29/h5-10,13-14,21H,4,11-12H2,1-3H3/t21-/m1/s1. The molecule has 0 unspecified atom stereocenters. The van der Waals surface area contributed by atoms with Crippen molar-refractivity contribution in [2.75, 3.05) is 20.3 Å². The number of carbonyl (C=O) groups is 2. The number of hydrogen-bond acceptors (Lipinski definition) is 6. The van der Waals surface area contributed by atoms with Crippen LogP contribution in [0.2, 0.25) is 5.02 Å². The molecule has 1 amide bonds. The lowest BCUT2D eigenvalue weighted by Gasteiger charge is -2.25. The fourth-order valence-electron chi connectivity index (χ4n) is 4.04. The molecule has 1 aromatic heterocycles. The normalized spacial score (nSPS) is 15.4. The van der Waals surface area contributed by atoms with Gasteiger partial charge in [-0.2, -0.15) is 0 Å². The molecule has 0 aliphatic carbocycles. The summed E-state index contributed by atoms with van der Waals surface area (Å²) in [5.74, 6) is -0.792. The molecule has 0 radical (unpaired) electrons. The SMILES string of the molecule is COC(=O)c1ccc([C@@H]2c3c(oc4ccc(Cl)cc4c3=O)C(=O)N2CCCOC(C)C)cc1. The number of esters is 1. The minimum absolute atomic E-state index is 0.0293. The van der Waals surface area contributed by atoms with Crippen molar-refractivity contribution < 1.29 is 23.5 Å². The van der Waals surface area contributed by atoms with E-state index in [-0.39, 0.29) is 28.8 Å². The van der Waals surface area contributed by atoms with Gasteiger partial charge in [0.25, 0.3) is 5.91 Å². The molecule has 4 rings (SSSR count). The van der Waals surface area contributed by atoms with Crippen molar-refractivity contribution >= 4 is 34.4 Å². The number of hydrogen-bond donors (Lipinski definition) is 0. The summed E-state index contributed by atoms with van der Waals surface area (Å²) in [5.41, 5.74) is 1.34. The van der Waals surface area contributed by atoms with Gasteiger partial charge in [-0.25, -0.2) is 4.79 Å². The van der Waals surface area contributed by atoms with E-state index in [9.17, 15) is 14.4 Å². The van der Waals surface area contributed by atoms with Crippen molar-refractivity contribution in [3.63, 3.8) is 0 Å². The number of halogens is 1. The van der Waals surface area contributed by atoms with Crippen LogP contribution in [-0.4, -0.2) is 43.1 Å². The second-order valence-corrected chi connectivity index (χ2v) is 8.54. The highest BCUT2D eigenvalue weighted by molar-refractivity contribution is 6.31. The van der Waals surface area contributed by atoms with Crippen LogP contribution in [0.3, 0.4) is 0 Å². The number of benzene rings is 2. The van der Waals surface area contributed by atoms with E-state index in [2.05, 4.69) is 0 Å². The Morgan fingerprint density at radius 1 is 1.15 bits per heavy atom. The fourth-order valence-corrected chi connectivity index (χ4v) is 4.22. The minimum atomic E-state index is -0.655. The Kier molecular flexibility index (Phi) is 6.54. The Labute approximate surface area is 195 Å². The van der Waals surface area contributed by atoms with Crippen LogP contribution < -0.4 is 5.43 Å². The van der Waals surface area contributed by atoms with Gasteiger partial charge in [0.15, 0.2) is 5.43 Å². The van der Waals surface area contributed by atoms with Crippen LogP contribution in [-0.2, 0) is 9.47 Å². The molecule has 172 valence electrons. The van der Waals surface area contributed by atoms with Crippen LogP contribution in [0, 0.1) is 0 Å². The number of carbonyl (C=O) groups excluding carboxylic acids is 2. The molecule has 0 saturated carbocycles. The van der Waals surface area contributed by atoms with Crippen molar-refractivity contribution in [3.8, 4) is 0 Å². The van der Waals surface area contributed by atoms with E-state index >= 15 is 0 Å². The number of amides is 1. The maximum absolute atomic E-state index is 13.5. The molecule has 0 N–H and O–H groups in total. The van der Waals surface area contributed by atoms with Gasteiger partial charge >= 0.3 is 5.97 Å². The first-order chi connectivity index (χ1) is 15.8. The second-order valence-electron chi connectivity index (χ2n) is 8.10.